The van der Waals surface area contributed by atoms with Crippen LogP contribution in [0.2, 0.25) is 5.02 Å². The average Bonchev–Trinajstić information content (AvgIpc) is 3.53. The van der Waals surface area contributed by atoms with Gasteiger partial charge < -0.3 is 15.2 Å². The lowest BCUT2D eigenvalue weighted by molar-refractivity contribution is 0.106. The third kappa shape index (κ3) is 4.33. The number of rotatable bonds is 6. The van der Waals surface area contributed by atoms with E-state index in [9.17, 15) is 5.11 Å². The van der Waals surface area contributed by atoms with E-state index in [1.165, 1.54) is 11.5 Å². The second-order valence-electron chi connectivity index (χ2n) is 7.58. The zero-order valence-corrected chi connectivity index (χ0v) is 19.7. The van der Waals surface area contributed by atoms with Crippen LogP contribution in [-0.4, -0.2) is 53.8 Å². The Bertz CT molecular complexity index is 1190. The Labute approximate surface area is 199 Å². The van der Waals surface area contributed by atoms with E-state index in [1.807, 2.05) is 29.2 Å². The van der Waals surface area contributed by atoms with Gasteiger partial charge >= 0.3 is 0 Å². The lowest BCUT2D eigenvalue weighted by atomic mass is 10.1. The van der Waals surface area contributed by atoms with Crippen molar-refractivity contribution >= 4 is 41.1 Å². The molecular formula is C20H23Cl2N7O2S. The molecule has 170 valence electrons. The third-order valence-electron chi connectivity index (χ3n) is 5.58. The standard InChI is InChI=1S/C20H22ClN7O2S.ClH/c1-12-19(24-26-28(12)14-2-5-22-6-3-14)13-8-18(20-15(21)9-23-27(20)10-13)30-11-17(29)16-4-7-31-25-16;/h4,7-10,14,17,22,29H,2-3,5-6,11H2,1H3;1H. The van der Waals surface area contributed by atoms with Crippen molar-refractivity contribution in [3.8, 4) is 17.0 Å². The van der Waals surface area contributed by atoms with Gasteiger partial charge in [0.2, 0.25) is 0 Å². The first kappa shape index (κ1) is 22.9. The number of aliphatic hydroxyl groups is 1. The molecule has 2 N–H and O–H groups in total. The molecule has 0 spiro atoms. The minimum Gasteiger partial charge on any atom is -0.488 e. The summed E-state index contributed by atoms with van der Waals surface area (Å²) in [6.45, 7) is 4.04. The maximum Gasteiger partial charge on any atom is 0.147 e. The number of hydrogen-bond donors (Lipinski definition) is 2. The maximum absolute atomic E-state index is 10.4. The van der Waals surface area contributed by atoms with Crippen LogP contribution in [0.5, 0.6) is 5.75 Å². The minimum atomic E-state index is -0.834. The SMILES string of the molecule is Cc1c(-c2cc(OCC(O)c3ccsn3)c3c(Cl)cnn3c2)nnn1C1CCNCC1.Cl. The molecule has 32 heavy (non-hydrogen) atoms. The zero-order chi connectivity index (χ0) is 21.4. The number of fused-ring (bicyclic) bond motifs is 1. The molecule has 0 radical (unpaired) electrons. The van der Waals surface area contributed by atoms with Gasteiger partial charge in [0.15, 0.2) is 0 Å². The number of ether oxygens (including phenoxy) is 1. The Hall–Kier alpha value is -2.24. The Morgan fingerprint density at radius 2 is 2.19 bits per heavy atom. The van der Waals surface area contributed by atoms with Gasteiger partial charge in [-0.3, -0.25) is 0 Å². The molecule has 1 aliphatic heterocycles. The number of aromatic nitrogens is 6. The van der Waals surface area contributed by atoms with E-state index >= 15 is 0 Å². The Kier molecular flexibility index (Phi) is 6.96. The van der Waals surface area contributed by atoms with Crippen LogP contribution >= 0.6 is 35.5 Å². The number of nitrogens with zero attached hydrogens (tertiary/aromatic N) is 6. The fourth-order valence-electron chi connectivity index (χ4n) is 3.94. The Morgan fingerprint density at radius 1 is 1.38 bits per heavy atom. The van der Waals surface area contributed by atoms with Gasteiger partial charge in [0.25, 0.3) is 0 Å². The van der Waals surface area contributed by atoms with E-state index < -0.39 is 6.10 Å². The second-order valence-corrected chi connectivity index (χ2v) is 8.65. The van der Waals surface area contributed by atoms with Crippen molar-refractivity contribution in [3.05, 3.63) is 46.3 Å². The predicted octanol–water partition coefficient (Wildman–Crippen LogP) is 3.47. The summed E-state index contributed by atoms with van der Waals surface area (Å²) in [7, 11) is 0. The quantitative estimate of drug-likeness (QED) is 0.422. The lowest BCUT2D eigenvalue weighted by Gasteiger charge is -2.23. The molecule has 5 heterocycles. The average molecular weight is 496 g/mol. The van der Waals surface area contributed by atoms with Crippen LogP contribution in [-0.2, 0) is 0 Å². The molecule has 1 fully saturated rings. The largest absolute Gasteiger partial charge is 0.488 e. The minimum absolute atomic E-state index is 0. The highest BCUT2D eigenvalue weighted by atomic mass is 35.5. The topological polar surface area (TPSA) is 102 Å². The summed E-state index contributed by atoms with van der Waals surface area (Å²) in [5.41, 5.74) is 3.81. The lowest BCUT2D eigenvalue weighted by Crippen LogP contribution is -2.30. The van der Waals surface area contributed by atoms with Crippen LogP contribution in [0.3, 0.4) is 0 Å². The van der Waals surface area contributed by atoms with Crippen molar-refractivity contribution in [2.24, 2.45) is 0 Å². The molecule has 1 aliphatic rings. The van der Waals surface area contributed by atoms with Crippen molar-refractivity contribution in [1.29, 1.82) is 0 Å². The highest BCUT2D eigenvalue weighted by molar-refractivity contribution is 7.03. The summed E-state index contributed by atoms with van der Waals surface area (Å²) < 4.78 is 13.8. The van der Waals surface area contributed by atoms with Crippen LogP contribution in [0.25, 0.3) is 16.8 Å². The molecule has 5 rings (SSSR count). The molecule has 4 aromatic rings. The molecule has 1 unspecified atom stereocenters. The van der Waals surface area contributed by atoms with Gasteiger partial charge in [0, 0.05) is 17.1 Å². The van der Waals surface area contributed by atoms with E-state index in [4.69, 9.17) is 16.3 Å². The molecule has 0 amide bonds. The molecule has 1 saturated heterocycles. The predicted molar refractivity (Wildman–Crippen MR) is 125 cm³/mol. The summed E-state index contributed by atoms with van der Waals surface area (Å²) in [5, 5.41) is 29.3. The smallest absolute Gasteiger partial charge is 0.147 e. The maximum atomic E-state index is 10.4. The fraction of sp³-hybridized carbons (Fsp3) is 0.400. The van der Waals surface area contributed by atoms with Crippen molar-refractivity contribution in [1.82, 2.24) is 34.3 Å². The number of halogens is 2. The molecule has 12 heteroatoms. The van der Waals surface area contributed by atoms with Crippen LogP contribution in [0.15, 0.2) is 29.9 Å². The van der Waals surface area contributed by atoms with E-state index in [1.54, 1.807) is 16.8 Å². The monoisotopic (exact) mass is 495 g/mol. The van der Waals surface area contributed by atoms with Gasteiger partial charge in [0.1, 0.15) is 29.7 Å². The van der Waals surface area contributed by atoms with Crippen molar-refractivity contribution < 1.29 is 9.84 Å². The third-order valence-corrected chi connectivity index (χ3v) is 6.43. The number of hydrogen-bond acceptors (Lipinski definition) is 8. The number of nitrogens with one attached hydrogen (secondary N) is 1. The summed E-state index contributed by atoms with van der Waals surface area (Å²) in [4.78, 5) is 0. The van der Waals surface area contributed by atoms with Gasteiger partial charge in [-0.15, -0.1) is 17.5 Å². The Balaban J connectivity index is 0.00000245. The molecular weight excluding hydrogens is 473 g/mol. The second kappa shape index (κ2) is 9.72. The van der Waals surface area contributed by atoms with Gasteiger partial charge in [-0.05, 0) is 56.5 Å². The highest BCUT2D eigenvalue weighted by Crippen LogP contribution is 2.34. The first-order valence-electron chi connectivity index (χ1n) is 10.1. The summed E-state index contributed by atoms with van der Waals surface area (Å²) in [6, 6.07) is 3.99. The molecule has 4 aromatic heterocycles. The summed E-state index contributed by atoms with van der Waals surface area (Å²) >= 11 is 7.64. The van der Waals surface area contributed by atoms with E-state index in [2.05, 4.69) is 25.1 Å². The molecule has 0 aliphatic carbocycles. The summed E-state index contributed by atoms with van der Waals surface area (Å²) in [6.07, 6.45) is 4.66. The van der Waals surface area contributed by atoms with Crippen molar-refractivity contribution in [2.45, 2.75) is 31.9 Å². The van der Waals surface area contributed by atoms with Crippen molar-refractivity contribution in [3.63, 3.8) is 0 Å². The number of aliphatic hydroxyl groups excluding tert-OH is 1. The van der Waals surface area contributed by atoms with Gasteiger partial charge in [-0.2, -0.15) is 9.47 Å². The summed E-state index contributed by atoms with van der Waals surface area (Å²) in [5.74, 6) is 0.519. The van der Waals surface area contributed by atoms with Crippen LogP contribution in [0, 0.1) is 6.92 Å². The fourth-order valence-corrected chi connectivity index (χ4v) is 4.73. The van der Waals surface area contributed by atoms with E-state index in [0.717, 1.165) is 42.9 Å². The molecule has 9 nitrogen and oxygen atoms in total. The van der Waals surface area contributed by atoms with E-state index in [0.29, 0.717) is 28.0 Å². The number of pyridine rings is 1. The zero-order valence-electron chi connectivity index (χ0n) is 17.3. The Morgan fingerprint density at radius 3 is 2.94 bits per heavy atom. The first-order valence-corrected chi connectivity index (χ1v) is 11.3. The first-order chi connectivity index (χ1) is 15.1. The normalized spacial score (nSPS) is 15.6. The van der Waals surface area contributed by atoms with Crippen LogP contribution in [0.1, 0.15) is 36.4 Å². The van der Waals surface area contributed by atoms with Gasteiger partial charge in [-0.1, -0.05) is 16.8 Å². The van der Waals surface area contributed by atoms with Gasteiger partial charge in [0.05, 0.1) is 28.6 Å². The molecule has 1 atom stereocenters. The highest BCUT2D eigenvalue weighted by Gasteiger charge is 2.22. The number of piperidine rings is 1. The van der Waals surface area contributed by atoms with Crippen molar-refractivity contribution in [2.75, 3.05) is 19.7 Å². The molecule has 0 aromatic carbocycles. The van der Waals surface area contributed by atoms with Crippen LogP contribution < -0.4 is 10.1 Å². The van der Waals surface area contributed by atoms with Crippen LogP contribution in [0.4, 0.5) is 0 Å². The molecule has 0 bridgehead atoms. The van der Waals surface area contributed by atoms with Gasteiger partial charge in [-0.25, -0.2) is 9.20 Å². The molecule has 0 saturated carbocycles. The van der Waals surface area contributed by atoms with E-state index in [-0.39, 0.29) is 19.0 Å².